The Bertz CT molecular complexity index is 315. The number of nitrogens with one attached hydrogen (secondary N) is 1. The topological polar surface area (TPSA) is 49.4 Å². The van der Waals surface area contributed by atoms with E-state index in [-0.39, 0.29) is 17.7 Å². The molecule has 1 rings (SSSR count). The van der Waals surface area contributed by atoms with Gasteiger partial charge in [-0.15, -0.1) is 0 Å². The van der Waals surface area contributed by atoms with Gasteiger partial charge in [-0.25, -0.2) is 0 Å². The van der Waals surface area contributed by atoms with E-state index in [1.807, 2.05) is 24.8 Å². The molecule has 1 saturated heterocycles. The molecule has 1 fully saturated rings. The van der Waals surface area contributed by atoms with E-state index in [9.17, 15) is 9.59 Å². The molecule has 0 aromatic carbocycles. The Morgan fingerprint density at radius 1 is 1.35 bits per heavy atom. The molecule has 0 spiro atoms. The van der Waals surface area contributed by atoms with E-state index in [0.717, 1.165) is 24.8 Å². The van der Waals surface area contributed by atoms with E-state index in [2.05, 4.69) is 5.32 Å². The van der Waals surface area contributed by atoms with Crippen molar-refractivity contribution in [3.05, 3.63) is 11.6 Å². The summed E-state index contributed by atoms with van der Waals surface area (Å²) in [5, 5.41) is 2.67. The number of piperidine rings is 1. The molecule has 2 amide bonds. The van der Waals surface area contributed by atoms with Crippen LogP contribution in [0.4, 0.5) is 0 Å². The van der Waals surface area contributed by atoms with Gasteiger partial charge in [-0.05, 0) is 26.2 Å². The fourth-order valence-electron chi connectivity index (χ4n) is 2.19. The summed E-state index contributed by atoms with van der Waals surface area (Å²) in [5.74, 6) is 0.277. The molecule has 1 N–H and O–H groups in total. The zero-order chi connectivity index (χ0) is 12.8. The highest BCUT2D eigenvalue weighted by Crippen LogP contribution is 2.18. The first kappa shape index (κ1) is 13.7. The first-order chi connectivity index (χ1) is 8.10. The van der Waals surface area contributed by atoms with Crippen LogP contribution in [0.2, 0.25) is 0 Å². The van der Waals surface area contributed by atoms with Crippen LogP contribution < -0.4 is 5.32 Å². The standard InChI is InChI=1S/C13H22N2O2/c1-4-5-10(2)13(17)15-8-6-11(7-9-15)12(16)14-3/h5,11H,4,6-9H2,1-3H3,(H,14,16)/b10-5+. The van der Waals surface area contributed by atoms with Crippen LogP contribution in [0.25, 0.3) is 0 Å². The SMILES string of the molecule is CC/C=C(\C)C(=O)N1CCC(C(=O)NC)CC1. The number of nitrogens with zero attached hydrogens (tertiary/aromatic N) is 1. The van der Waals surface area contributed by atoms with Crippen LogP contribution in [0.3, 0.4) is 0 Å². The molecule has 17 heavy (non-hydrogen) atoms. The second kappa shape index (κ2) is 6.42. The van der Waals surface area contributed by atoms with E-state index >= 15 is 0 Å². The lowest BCUT2D eigenvalue weighted by Crippen LogP contribution is -2.42. The minimum absolute atomic E-state index is 0.0690. The predicted molar refractivity (Wildman–Crippen MR) is 67.4 cm³/mol. The second-order valence-electron chi connectivity index (χ2n) is 4.48. The molecule has 0 aromatic rings. The third-order valence-corrected chi connectivity index (χ3v) is 3.25. The zero-order valence-electron chi connectivity index (χ0n) is 11.0. The van der Waals surface area contributed by atoms with Gasteiger partial charge in [0.1, 0.15) is 0 Å². The third kappa shape index (κ3) is 3.58. The molecule has 96 valence electrons. The van der Waals surface area contributed by atoms with Gasteiger partial charge in [0.2, 0.25) is 11.8 Å². The van der Waals surface area contributed by atoms with Crippen LogP contribution >= 0.6 is 0 Å². The summed E-state index contributed by atoms with van der Waals surface area (Å²) in [6.07, 6.45) is 4.37. The first-order valence-corrected chi connectivity index (χ1v) is 6.27. The fourth-order valence-corrected chi connectivity index (χ4v) is 2.19. The average molecular weight is 238 g/mol. The van der Waals surface area contributed by atoms with Crippen molar-refractivity contribution in [3.63, 3.8) is 0 Å². The van der Waals surface area contributed by atoms with Gasteiger partial charge in [0.25, 0.3) is 0 Å². The molecule has 4 heteroatoms. The van der Waals surface area contributed by atoms with Crippen LogP contribution in [0.1, 0.15) is 33.1 Å². The minimum Gasteiger partial charge on any atom is -0.359 e. The van der Waals surface area contributed by atoms with Gasteiger partial charge in [0.15, 0.2) is 0 Å². The molecule has 0 aliphatic carbocycles. The molecular formula is C13H22N2O2. The van der Waals surface area contributed by atoms with Gasteiger partial charge in [-0.1, -0.05) is 13.0 Å². The number of rotatable bonds is 3. The van der Waals surface area contributed by atoms with E-state index in [4.69, 9.17) is 0 Å². The lowest BCUT2D eigenvalue weighted by Gasteiger charge is -2.31. The minimum atomic E-state index is 0.0690. The third-order valence-electron chi connectivity index (χ3n) is 3.25. The van der Waals surface area contributed by atoms with Crippen molar-refractivity contribution in [2.75, 3.05) is 20.1 Å². The fraction of sp³-hybridized carbons (Fsp3) is 0.692. The normalized spacial score (nSPS) is 18.1. The highest BCUT2D eigenvalue weighted by molar-refractivity contribution is 5.93. The summed E-state index contributed by atoms with van der Waals surface area (Å²) in [6, 6.07) is 0. The maximum atomic E-state index is 12.0. The highest BCUT2D eigenvalue weighted by atomic mass is 16.2. The molecule has 0 unspecified atom stereocenters. The quantitative estimate of drug-likeness (QED) is 0.754. The Labute approximate surface area is 103 Å². The number of allylic oxidation sites excluding steroid dienone is 1. The first-order valence-electron chi connectivity index (χ1n) is 6.27. The van der Waals surface area contributed by atoms with Crippen LogP contribution in [0.15, 0.2) is 11.6 Å². The maximum Gasteiger partial charge on any atom is 0.249 e. The van der Waals surface area contributed by atoms with Gasteiger partial charge in [0.05, 0.1) is 0 Å². The number of carbonyl (C=O) groups excluding carboxylic acids is 2. The second-order valence-corrected chi connectivity index (χ2v) is 4.48. The molecule has 0 saturated carbocycles. The Hall–Kier alpha value is -1.32. The number of hydrogen-bond donors (Lipinski definition) is 1. The average Bonchev–Trinajstić information content (AvgIpc) is 2.37. The van der Waals surface area contributed by atoms with Crippen molar-refractivity contribution in [2.45, 2.75) is 33.1 Å². The Balaban J connectivity index is 2.49. The maximum absolute atomic E-state index is 12.0. The number of amides is 2. The van der Waals surface area contributed by atoms with Crippen molar-refractivity contribution in [1.82, 2.24) is 10.2 Å². The molecule has 0 atom stereocenters. The van der Waals surface area contributed by atoms with E-state index in [0.29, 0.717) is 13.1 Å². The number of likely N-dealkylation sites (tertiary alicyclic amines) is 1. The smallest absolute Gasteiger partial charge is 0.249 e. The zero-order valence-corrected chi connectivity index (χ0v) is 11.0. The van der Waals surface area contributed by atoms with Gasteiger partial charge < -0.3 is 10.2 Å². The monoisotopic (exact) mass is 238 g/mol. The number of carbonyl (C=O) groups is 2. The Morgan fingerprint density at radius 3 is 2.41 bits per heavy atom. The van der Waals surface area contributed by atoms with Gasteiger partial charge in [0, 0.05) is 31.6 Å². The van der Waals surface area contributed by atoms with E-state index in [1.54, 1.807) is 7.05 Å². The summed E-state index contributed by atoms with van der Waals surface area (Å²) in [7, 11) is 1.66. The summed E-state index contributed by atoms with van der Waals surface area (Å²) in [4.78, 5) is 25.3. The highest BCUT2D eigenvalue weighted by Gasteiger charge is 2.26. The van der Waals surface area contributed by atoms with Crippen molar-refractivity contribution >= 4 is 11.8 Å². The van der Waals surface area contributed by atoms with Crippen molar-refractivity contribution in [2.24, 2.45) is 5.92 Å². The van der Waals surface area contributed by atoms with Crippen molar-refractivity contribution < 1.29 is 9.59 Å². The molecule has 0 bridgehead atoms. The molecule has 0 aromatic heterocycles. The Morgan fingerprint density at radius 2 is 1.94 bits per heavy atom. The van der Waals surface area contributed by atoms with Gasteiger partial charge in [-0.2, -0.15) is 0 Å². The lowest BCUT2D eigenvalue weighted by atomic mass is 9.95. The largest absolute Gasteiger partial charge is 0.359 e. The lowest BCUT2D eigenvalue weighted by molar-refractivity contribution is -0.132. The summed E-state index contributed by atoms with van der Waals surface area (Å²) < 4.78 is 0. The molecular weight excluding hydrogens is 216 g/mol. The number of hydrogen-bond acceptors (Lipinski definition) is 2. The molecule has 4 nitrogen and oxygen atoms in total. The van der Waals surface area contributed by atoms with Crippen LogP contribution in [0, 0.1) is 5.92 Å². The molecule has 1 aliphatic rings. The summed E-state index contributed by atoms with van der Waals surface area (Å²) in [6.45, 7) is 5.25. The Kier molecular flexibility index (Phi) is 5.19. The summed E-state index contributed by atoms with van der Waals surface area (Å²) >= 11 is 0. The van der Waals surface area contributed by atoms with Crippen LogP contribution in [-0.4, -0.2) is 36.9 Å². The molecule has 0 radical (unpaired) electrons. The molecule has 1 heterocycles. The van der Waals surface area contributed by atoms with Crippen LogP contribution in [0.5, 0.6) is 0 Å². The van der Waals surface area contributed by atoms with Crippen molar-refractivity contribution in [1.29, 1.82) is 0 Å². The van der Waals surface area contributed by atoms with Gasteiger partial charge in [-0.3, -0.25) is 9.59 Å². The van der Waals surface area contributed by atoms with E-state index in [1.165, 1.54) is 0 Å². The molecule has 1 aliphatic heterocycles. The van der Waals surface area contributed by atoms with Crippen LogP contribution in [-0.2, 0) is 9.59 Å². The van der Waals surface area contributed by atoms with Gasteiger partial charge >= 0.3 is 0 Å². The summed E-state index contributed by atoms with van der Waals surface area (Å²) in [5.41, 5.74) is 0.811. The van der Waals surface area contributed by atoms with Crippen molar-refractivity contribution in [3.8, 4) is 0 Å². The van der Waals surface area contributed by atoms with E-state index < -0.39 is 0 Å². The predicted octanol–water partition coefficient (Wildman–Crippen LogP) is 1.33.